The van der Waals surface area contributed by atoms with Gasteiger partial charge in [-0.05, 0) is 12.1 Å². The summed E-state index contributed by atoms with van der Waals surface area (Å²) in [6, 6.07) is 14.9. The first-order chi connectivity index (χ1) is 12.1. The maximum Gasteiger partial charge on any atom is 0.271 e. The average Bonchev–Trinajstić information content (AvgIpc) is 3.11. The predicted molar refractivity (Wildman–Crippen MR) is 92.2 cm³/mol. The van der Waals surface area contributed by atoms with Gasteiger partial charge >= 0.3 is 0 Å². The molecule has 0 aliphatic heterocycles. The van der Waals surface area contributed by atoms with E-state index in [2.05, 4.69) is 20.7 Å². The number of nitrogens with zero attached hydrogens (tertiary/aromatic N) is 3. The first-order valence-corrected chi connectivity index (χ1v) is 7.32. The number of hydrazone groups is 1. The number of nitro groups is 1. The van der Waals surface area contributed by atoms with Crippen LogP contribution in [-0.4, -0.2) is 27.2 Å². The molecule has 2 N–H and O–H groups in total. The molecule has 8 nitrogen and oxygen atoms in total. The molecule has 0 saturated heterocycles. The van der Waals surface area contributed by atoms with Gasteiger partial charge in [0.05, 0.1) is 23.0 Å². The van der Waals surface area contributed by atoms with E-state index < -0.39 is 10.8 Å². The van der Waals surface area contributed by atoms with Gasteiger partial charge in [-0.2, -0.15) is 10.2 Å². The van der Waals surface area contributed by atoms with E-state index in [0.29, 0.717) is 0 Å². The number of rotatable bonds is 5. The molecular weight excluding hydrogens is 322 g/mol. The number of aromatic amines is 1. The van der Waals surface area contributed by atoms with Crippen LogP contribution in [0.2, 0.25) is 0 Å². The van der Waals surface area contributed by atoms with Crippen molar-refractivity contribution in [1.82, 2.24) is 15.6 Å². The number of carbonyl (C=O) groups excluding carboxylic acids is 1. The number of non-ortho nitro benzene ring substituents is 1. The van der Waals surface area contributed by atoms with Gasteiger partial charge in [-0.3, -0.25) is 20.0 Å². The molecule has 2 aromatic carbocycles. The van der Waals surface area contributed by atoms with E-state index >= 15 is 0 Å². The zero-order valence-corrected chi connectivity index (χ0v) is 12.9. The van der Waals surface area contributed by atoms with Crippen molar-refractivity contribution in [3.8, 4) is 11.3 Å². The zero-order chi connectivity index (χ0) is 17.6. The highest BCUT2D eigenvalue weighted by Crippen LogP contribution is 2.19. The molecule has 3 aromatic rings. The SMILES string of the molecule is O=C(NN=Cc1cn[nH]c1-c1ccccc1)c1ccc([N+](=O)[O-])cc1. The van der Waals surface area contributed by atoms with Crippen molar-refractivity contribution in [3.05, 3.63) is 82.0 Å². The molecule has 0 spiro atoms. The van der Waals surface area contributed by atoms with Crippen molar-refractivity contribution in [1.29, 1.82) is 0 Å². The largest absolute Gasteiger partial charge is 0.277 e. The molecule has 0 aliphatic rings. The van der Waals surface area contributed by atoms with Crippen LogP contribution < -0.4 is 5.43 Å². The molecule has 3 rings (SSSR count). The first kappa shape index (κ1) is 16.1. The van der Waals surface area contributed by atoms with E-state index in [1.54, 1.807) is 6.20 Å². The highest BCUT2D eigenvalue weighted by molar-refractivity contribution is 5.95. The Morgan fingerprint density at radius 3 is 2.56 bits per heavy atom. The first-order valence-electron chi connectivity index (χ1n) is 7.32. The summed E-state index contributed by atoms with van der Waals surface area (Å²) in [5, 5.41) is 21.4. The number of nitrogens with one attached hydrogen (secondary N) is 2. The Morgan fingerprint density at radius 1 is 1.16 bits per heavy atom. The van der Waals surface area contributed by atoms with E-state index in [4.69, 9.17) is 0 Å². The number of H-pyrrole nitrogens is 1. The number of carbonyl (C=O) groups is 1. The third kappa shape index (κ3) is 3.75. The maximum atomic E-state index is 12.0. The standard InChI is InChI=1S/C17H13N5O3/c23-17(13-6-8-15(9-7-13)22(24)25)21-19-11-14-10-18-20-16(14)12-4-2-1-3-5-12/h1-11H,(H,18,20)(H,21,23). The van der Waals surface area contributed by atoms with Gasteiger partial charge in [0.25, 0.3) is 11.6 Å². The Balaban J connectivity index is 1.69. The fraction of sp³-hybridized carbons (Fsp3) is 0. The summed E-state index contributed by atoms with van der Waals surface area (Å²) >= 11 is 0. The van der Waals surface area contributed by atoms with E-state index in [1.807, 2.05) is 30.3 Å². The molecule has 1 heterocycles. The van der Waals surface area contributed by atoms with Crippen LogP contribution >= 0.6 is 0 Å². The molecule has 25 heavy (non-hydrogen) atoms. The van der Waals surface area contributed by atoms with Crippen LogP contribution in [0.3, 0.4) is 0 Å². The quantitative estimate of drug-likeness (QED) is 0.424. The molecule has 1 aromatic heterocycles. The van der Waals surface area contributed by atoms with Gasteiger partial charge in [-0.15, -0.1) is 0 Å². The molecular formula is C17H13N5O3. The number of hydrogen-bond donors (Lipinski definition) is 2. The lowest BCUT2D eigenvalue weighted by Gasteiger charge is -2.00. The summed E-state index contributed by atoms with van der Waals surface area (Å²) in [6.07, 6.45) is 3.08. The van der Waals surface area contributed by atoms with E-state index in [0.717, 1.165) is 16.8 Å². The summed E-state index contributed by atoms with van der Waals surface area (Å²) in [5.74, 6) is -0.462. The number of hydrogen-bond acceptors (Lipinski definition) is 5. The third-order valence-corrected chi connectivity index (χ3v) is 3.44. The fourth-order valence-electron chi connectivity index (χ4n) is 2.19. The molecule has 0 unspecified atom stereocenters. The van der Waals surface area contributed by atoms with E-state index in [-0.39, 0.29) is 11.3 Å². The van der Waals surface area contributed by atoms with Crippen molar-refractivity contribution in [2.45, 2.75) is 0 Å². The maximum absolute atomic E-state index is 12.0. The van der Waals surface area contributed by atoms with E-state index in [9.17, 15) is 14.9 Å². The lowest BCUT2D eigenvalue weighted by molar-refractivity contribution is -0.384. The van der Waals surface area contributed by atoms with Gasteiger partial charge in [0.2, 0.25) is 0 Å². The van der Waals surface area contributed by atoms with Crippen LogP contribution in [0.25, 0.3) is 11.3 Å². The van der Waals surface area contributed by atoms with Crippen LogP contribution in [0, 0.1) is 10.1 Å². The molecule has 0 saturated carbocycles. The average molecular weight is 335 g/mol. The predicted octanol–water partition coefficient (Wildman–Crippen LogP) is 2.75. The summed E-state index contributed by atoms with van der Waals surface area (Å²) in [4.78, 5) is 22.1. The zero-order valence-electron chi connectivity index (χ0n) is 12.9. The highest BCUT2D eigenvalue weighted by Gasteiger charge is 2.09. The second kappa shape index (κ2) is 7.18. The van der Waals surface area contributed by atoms with Gasteiger partial charge in [0.1, 0.15) is 0 Å². The van der Waals surface area contributed by atoms with Gasteiger partial charge in [-0.25, -0.2) is 5.43 Å². The van der Waals surface area contributed by atoms with Crippen molar-refractivity contribution in [2.75, 3.05) is 0 Å². The summed E-state index contributed by atoms with van der Waals surface area (Å²) in [7, 11) is 0. The fourth-order valence-corrected chi connectivity index (χ4v) is 2.19. The molecule has 1 amide bonds. The smallest absolute Gasteiger partial charge is 0.271 e. The number of benzene rings is 2. The minimum Gasteiger partial charge on any atom is -0.277 e. The molecule has 0 aliphatic carbocycles. The van der Waals surface area contributed by atoms with Crippen molar-refractivity contribution in [3.63, 3.8) is 0 Å². The minimum absolute atomic E-state index is 0.0778. The normalized spacial score (nSPS) is 10.7. The molecule has 0 atom stereocenters. The van der Waals surface area contributed by atoms with Crippen LogP contribution in [0.15, 0.2) is 65.9 Å². The molecule has 0 radical (unpaired) electrons. The lowest BCUT2D eigenvalue weighted by atomic mass is 10.1. The molecule has 0 fully saturated rings. The minimum atomic E-state index is -0.524. The summed E-state index contributed by atoms with van der Waals surface area (Å²) in [6.45, 7) is 0. The monoisotopic (exact) mass is 335 g/mol. The number of aromatic nitrogens is 2. The second-order valence-corrected chi connectivity index (χ2v) is 5.07. The third-order valence-electron chi connectivity index (χ3n) is 3.44. The van der Waals surface area contributed by atoms with Crippen LogP contribution in [0.1, 0.15) is 15.9 Å². The lowest BCUT2D eigenvalue weighted by Crippen LogP contribution is -2.17. The van der Waals surface area contributed by atoms with Crippen LogP contribution in [-0.2, 0) is 0 Å². The van der Waals surface area contributed by atoms with Gasteiger partial charge in [0, 0.05) is 28.8 Å². The molecule has 0 bridgehead atoms. The van der Waals surface area contributed by atoms with Crippen molar-refractivity contribution in [2.24, 2.45) is 5.10 Å². The Hall–Kier alpha value is -3.81. The van der Waals surface area contributed by atoms with Crippen molar-refractivity contribution >= 4 is 17.8 Å². The summed E-state index contributed by atoms with van der Waals surface area (Å²) < 4.78 is 0. The van der Waals surface area contributed by atoms with Crippen LogP contribution in [0.4, 0.5) is 5.69 Å². The van der Waals surface area contributed by atoms with Gasteiger partial charge < -0.3 is 0 Å². The topological polar surface area (TPSA) is 113 Å². The van der Waals surface area contributed by atoms with Gasteiger partial charge in [0.15, 0.2) is 0 Å². The Morgan fingerprint density at radius 2 is 1.88 bits per heavy atom. The number of nitro benzene ring substituents is 1. The Bertz CT molecular complexity index is 917. The second-order valence-electron chi connectivity index (χ2n) is 5.07. The molecule has 124 valence electrons. The number of amides is 1. The van der Waals surface area contributed by atoms with Crippen LogP contribution in [0.5, 0.6) is 0 Å². The van der Waals surface area contributed by atoms with Gasteiger partial charge in [-0.1, -0.05) is 30.3 Å². The van der Waals surface area contributed by atoms with E-state index in [1.165, 1.54) is 30.5 Å². The highest BCUT2D eigenvalue weighted by atomic mass is 16.6. The molecule has 8 heteroatoms. The Labute approximate surface area is 142 Å². The summed E-state index contributed by atoms with van der Waals surface area (Å²) in [5.41, 5.74) is 5.03. The van der Waals surface area contributed by atoms with Crippen molar-refractivity contribution < 1.29 is 9.72 Å². The Kier molecular flexibility index (Phi) is 4.61.